The van der Waals surface area contributed by atoms with Crippen LogP contribution in [-0.2, 0) is 23.2 Å². The quantitative estimate of drug-likeness (QED) is 0.519. The summed E-state index contributed by atoms with van der Waals surface area (Å²) in [6.07, 6.45) is 7.59. The zero-order chi connectivity index (χ0) is 15.6. The van der Waals surface area contributed by atoms with Gasteiger partial charge in [-0.3, -0.25) is 0 Å². The molecule has 1 aliphatic rings. The summed E-state index contributed by atoms with van der Waals surface area (Å²) in [5, 5.41) is 0.752. The Morgan fingerprint density at radius 3 is 2.26 bits per heavy atom. The van der Waals surface area contributed by atoms with Gasteiger partial charge in [-0.1, -0.05) is 0 Å². The van der Waals surface area contributed by atoms with Crippen molar-refractivity contribution in [1.82, 2.24) is 0 Å². The van der Waals surface area contributed by atoms with Crippen LogP contribution in [0.4, 0.5) is 0 Å². The van der Waals surface area contributed by atoms with Gasteiger partial charge in [-0.2, -0.15) is 0 Å². The van der Waals surface area contributed by atoms with Crippen LogP contribution in [0, 0.1) is 0 Å². The standard InChI is InChI=1S/C10H13ClO.C5H5.C3H6.2ClH.Ti/c1-10(2,3)7-4-8(11)6-9(12)5-7;1-2-4-5-3-1;1-3-2;;;/h4-6,12H,1-3H3;1-3H,4H2;1-2H3;2*1H;/q;;;;;+1/p-1. The van der Waals surface area contributed by atoms with E-state index in [2.05, 4.69) is 58.9 Å². The van der Waals surface area contributed by atoms with E-state index in [1.807, 2.05) is 12.1 Å². The second kappa shape index (κ2) is 9.44. The molecule has 0 atom stereocenters. The SMILES string of the molecule is C[C](C)=[Ti]([O]c1cc(Cl)cc(C(C)(C)C)c1)[C]1=CC=CC1.Cl.Cl. The van der Waals surface area contributed by atoms with Crippen LogP contribution in [0.2, 0.25) is 5.02 Å². The molecule has 0 aliphatic heterocycles. The monoisotopic (exact) mass is 410 g/mol. The first-order valence-electron chi connectivity index (χ1n) is 7.30. The number of rotatable bonds is 3. The number of halogens is 3. The fourth-order valence-electron chi connectivity index (χ4n) is 2.28. The second-order valence-corrected chi connectivity index (χ2v) is 11.0. The Bertz CT molecular complexity index is 636. The van der Waals surface area contributed by atoms with Gasteiger partial charge in [-0.05, 0) is 0 Å². The molecule has 0 amide bonds. The third kappa shape index (κ3) is 6.40. The smallest absolute Gasteiger partial charge is 0.147 e. The van der Waals surface area contributed by atoms with E-state index in [1.165, 1.54) is 13.3 Å². The molecule has 1 nitrogen and oxygen atoms in total. The summed E-state index contributed by atoms with van der Waals surface area (Å²) >= 11 is 4.45. The third-order valence-electron chi connectivity index (χ3n) is 3.47. The maximum atomic E-state index is 6.41. The molecule has 2 rings (SSSR count). The van der Waals surface area contributed by atoms with Crippen LogP contribution >= 0.6 is 36.4 Å². The summed E-state index contributed by atoms with van der Waals surface area (Å²) in [5.41, 5.74) is 1.29. The molecule has 0 radical (unpaired) electrons. The number of benzene rings is 1. The van der Waals surface area contributed by atoms with Gasteiger partial charge in [0.2, 0.25) is 0 Å². The summed E-state index contributed by atoms with van der Waals surface area (Å²) < 4.78 is 9.30. The van der Waals surface area contributed by atoms with Gasteiger partial charge in [0.1, 0.15) is 0 Å². The molecule has 5 heteroatoms. The van der Waals surface area contributed by atoms with Crippen LogP contribution in [0.25, 0.3) is 0 Å². The first-order valence-corrected chi connectivity index (χ1v) is 9.87. The van der Waals surface area contributed by atoms with Crippen molar-refractivity contribution in [1.29, 1.82) is 0 Å². The zero-order valence-electron chi connectivity index (χ0n) is 14.3. The summed E-state index contributed by atoms with van der Waals surface area (Å²) in [6.45, 7) is 11.0. The Kier molecular flexibility index (Phi) is 9.42. The minimum Gasteiger partial charge on any atom is -0.147 e. The van der Waals surface area contributed by atoms with Crippen molar-refractivity contribution in [2.24, 2.45) is 0 Å². The maximum absolute atomic E-state index is 6.41. The Balaban J connectivity index is 0.00000242. The topological polar surface area (TPSA) is 9.23 Å². The third-order valence-corrected chi connectivity index (χ3v) is 7.29. The van der Waals surface area contributed by atoms with E-state index in [-0.39, 0.29) is 30.2 Å². The molecule has 128 valence electrons. The van der Waals surface area contributed by atoms with E-state index < -0.39 is 17.8 Å². The largest absolute Gasteiger partial charge is 0.147 e. The molecule has 1 aromatic rings. The van der Waals surface area contributed by atoms with Gasteiger partial charge in [0.15, 0.2) is 0 Å². The van der Waals surface area contributed by atoms with Crippen molar-refractivity contribution >= 4 is 40.2 Å². The molecule has 0 saturated heterocycles. The van der Waals surface area contributed by atoms with Crippen molar-refractivity contribution in [2.75, 3.05) is 0 Å². The van der Waals surface area contributed by atoms with Gasteiger partial charge >= 0.3 is 140 Å². The van der Waals surface area contributed by atoms with Gasteiger partial charge in [-0.25, -0.2) is 0 Å². The van der Waals surface area contributed by atoms with Crippen molar-refractivity contribution < 1.29 is 21.1 Å². The first-order chi connectivity index (χ1) is 9.77. The van der Waals surface area contributed by atoms with Crippen LogP contribution in [-0.4, -0.2) is 3.81 Å². The number of hydrogen-bond donors (Lipinski definition) is 0. The van der Waals surface area contributed by atoms with Crippen LogP contribution in [0.3, 0.4) is 0 Å². The second-order valence-electron chi connectivity index (χ2n) is 6.68. The Hall–Kier alpha value is -0.0457. The van der Waals surface area contributed by atoms with Crippen LogP contribution in [0.1, 0.15) is 46.6 Å². The van der Waals surface area contributed by atoms with Crippen molar-refractivity contribution in [3.8, 4) is 5.75 Å². The first kappa shape index (κ1) is 23.0. The van der Waals surface area contributed by atoms with Crippen LogP contribution < -0.4 is 3.32 Å². The van der Waals surface area contributed by atoms with Gasteiger partial charge in [0.05, 0.1) is 0 Å². The van der Waals surface area contributed by atoms with E-state index in [1.54, 1.807) is 0 Å². The summed E-state index contributed by atoms with van der Waals surface area (Å²) in [7, 11) is 0. The Morgan fingerprint density at radius 2 is 1.78 bits per heavy atom. The summed E-state index contributed by atoms with van der Waals surface area (Å²) in [5.74, 6) is 0.913. The van der Waals surface area contributed by atoms with Crippen molar-refractivity contribution in [3.05, 3.63) is 50.9 Å². The van der Waals surface area contributed by atoms with Crippen molar-refractivity contribution in [2.45, 2.75) is 46.5 Å². The van der Waals surface area contributed by atoms with Crippen LogP contribution in [0.5, 0.6) is 5.75 Å². The minimum absolute atomic E-state index is 0. The van der Waals surface area contributed by atoms with Gasteiger partial charge < -0.3 is 0 Å². The molecule has 0 unspecified atom stereocenters. The molecule has 23 heavy (non-hydrogen) atoms. The number of hydrogen-bond acceptors (Lipinski definition) is 1. The van der Waals surface area contributed by atoms with Gasteiger partial charge in [0, 0.05) is 0 Å². The molecule has 0 fully saturated rings. The molecular weight excluding hydrogens is 386 g/mol. The molecular formula is C18H25Cl3OTi. The predicted molar refractivity (Wildman–Crippen MR) is 103 cm³/mol. The van der Waals surface area contributed by atoms with E-state index in [0.29, 0.717) is 0 Å². The van der Waals surface area contributed by atoms with Crippen molar-refractivity contribution in [3.63, 3.8) is 0 Å². The minimum atomic E-state index is -1.83. The van der Waals surface area contributed by atoms with E-state index in [0.717, 1.165) is 17.2 Å². The molecule has 0 bridgehead atoms. The summed E-state index contributed by atoms with van der Waals surface area (Å²) in [4.78, 5) is 0. The van der Waals surface area contributed by atoms with Gasteiger partial charge in [0.25, 0.3) is 0 Å². The predicted octanol–water partition coefficient (Wildman–Crippen LogP) is 6.45. The molecule has 1 aromatic carbocycles. The fraction of sp³-hybridized carbons (Fsp3) is 0.389. The average molecular weight is 412 g/mol. The Morgan fingerprint density at radius 1 is 1.13 bits per heavy atom. The maximum Gasteiger partial charge on any atom is -0.147 e. The van der Waals surface area contributed by atoms with E-state index in [9.17, 15) is 0 Å². The Labute approximate surface area is 163 Å². The zero-order valence-corrected chi connectivity index (χ0v) is 18.2. The summed E-state index contributed by atoms with van der Waals surface area (Å²) in [6, 6.07) is 6.12. The molecule has 0 heterocycles. The van der Waals surface area contributed by atoms with E-state index >= 15 is 0 Å². The fourth-order valence-corrected chi connectivity index (χ4v) is 5.44. The van der Waals surface area contributed by atoms with E-state index in [4.69, 9.17) is 14.9 Å². The normalized spacial score (nSPS) is 12.9. The average Bonchev–Trinajstić information content (AvgIpc) is 2.87. The van der Waals surface area contributed by atoms with Gasteiger partial charge in [-0.15, -0.1) is 24.8 Å². The molecule has 0 saturated carbocycles. The molecule has 0 N–H and O–H groups in total. The number of allylic oxidation sites excluding steroid dienone is 4. The van der Waals surface area contributed by atoms with Crippen LogP contribution in [0.15, 0.2) is 40.3 Å². The molecule has 0 aromatic heterocycles. The molecule has 0 spiro atoms. The molecule has 1 aliphatic carbocycles.